The fourth-order valence-corrected chi connectivity index (χ4v) is 2.62. The Morgan fingerprint density at radius 2 is 1.89 bits per heavy atom. The number of amidine groups is 1. The van der Waals surface area contributed by atoms with Crippen molar-refractivity contribution in [1.82, 2.24) is 9.55 Å². The molecular weight excluding hydrogens is 356 g/mol. The number of halogens is 1. The van der Waals surface area contributed by atoms with Gasteiger partial charge in [-0.15, -0.1) is 5.92 Å². The summed E-state index contributed by atoms with van der Waals surface area (Å²) in [7, 11) is 0. The van der Waals surface area contributed by atoms with Crippen molar-refractivity contribution in [2.75, 3.05) is 0 Å². The second-order valence-electron chi connectivity index (χ2n) is 6.10. The van der Waals surface area contributed by atoms with Gasteiger partial charge in [0.05, 0.1) is 17.9 Å². The normalized spacial score (nSPS) is 9.59. The molecule has 3 rings (SSSR count). The Hall–Kier alpha value is -3.03. The van der Waals surface area contributed by atoms with Gasteiger partial charge < -0.3 is 10.3 Å². The fourth-order valence-electron chi connectivity index (χ4n) is 2.50. The molecule has 0 aliphatic carbocycles. The first-order valence-corrected chi connectivity index (χ1v) is 8.91. The zero-order valence-corrected chi connectivity index (χ0v) is 16.3. The first-order chi connectivity index (χ1) is 13.0. The number of hydrogen-bond acceptors (Lipinski definition) is 2. The van der Waals surface area contributed by atoms with Crippen molar-refractivity contribution in [2.24, 2.45) is 5.73 Å². The molecule has 0 saturated carbocycles. The van der Waals surface area contributed by atoms with E-state index in [0.717, 1.165) is 29.2 Å². The van der Waals surface area contributed by atoms with E-state index < -0.39 is 0 Å². The Balaban J connectivity index is 0.000000596. The lowest BCUT2D eigenvalue weighted by Gasteiger charge is -2.02. The Morgan fingerprint density at radius 3 is 2.56 bits per heavy atom. The van der Waals surface area contributed by atoms with E-state index in [4.69, 9.17) is 22.7 Å². The number of nitrogens with two attached hydrogens (primary N) is 1. The van der Waals surface area contributed by atoms with Crippen molar-refractivity contribution >= 4 is 17.4 Å². The molecule has 0 spiro atoms. The minimum atomic E-state index is 0.167. The summed E-state index contributed by atoms with van der Waals surface area (Å²) in [5, 5.41) is 7.04. The van der Waals surface area contributed by atoms with E-state index in [-0.39, 0.29) is 5.84 Å². The van der Waals surface area contributed by atoms with Crippen molar-refractivity contribution in [3.05, 3.63) is 88.5 Å². The lowest BCUT2D eigenvalue weighted by Crippen LogP contribution is -2.00. The summed E-state index contributed by atoms with van der Waals surface area (Å²) in [6.07, 6.45) is 4.78. The van der Waals surface area contributed by atoms with Gasteiger partial charge in [0.15, 0.2) is 0 Å². The Morgan fingerprint density at radius 1 is 1.19 bits per heavy atom. The van der Waals surface area contributed by atoms with Crippen LogP contribution in [-0.2, 0) is 13.0 Å². The van der Waals surface area contributed by atoms with Crippen LogP contribution < -0.4 is 5.73 Å². The molecule has 3 N–H and O–H groups in total. The smallest absolute Gasteiger partial charge is 0.0952 e. The highest BCUT2D eigenvalue weighted by molar-refractivity contribution is 6.30. The predicted molar refractivity (Wildman–Crippen MR) is 112 cm³/mol. The molecule has 0 amide bonds. The maximum Gasteiger partial charge on any atom is 0.0952 e. The third-order valence-electron chi connectivity index (χ3n) is 3.55. The van der Waals surface area contributed by atoms with Gasteiger partial charge in [0.2, 0.25) is 0 Å². The third kappa shape index (κ3) is 7.39. The van der Waals surface area contributed by atoms with Gasteiger partial charge in [-0.25, -0.2) is 4.98 Å². The number of imidazole rings is 1. The monoisotopic (exact) mass is 378 g/mol. The molecule has 0 aliphatic rings. The van der Waals surface area contributed by atoms with Gasteiger partial charge >= 0.3 is 0 Å². The van der Waals surface area contributed by atoms with Crippen LogP contribution in [0.2, 0.25) is 5.02 Å². The third-order valence-corrected chi connectivity index (χ3v) is 3.80. The van der Waals surface area contributed by atoms with Crippen LogP contribution in [0, 0.1) is 17.3 Å². The quantitative estimate of drug-likeness (QED) is 0.399. The molecule has 4 nitrogen and oxygen atoms in total. The molecule has 0 bridgehead atoms. The van der Waals surface area contributed by atoms with Crippen LogP contribution in [-0.4, -0.2) is 15.4 Å². The van der Waals surface area contributed by atoms with Crippen LogP contribution in [0.5, 0.6) is 0 Å². The first-order valence-electron chi connectivity index (χ1n) is 8.53. The molecule has 1 heterocycles. The minimum absolute atomic E-state index is 0.167. The molecule has 27 heavy (non-hydrogen) atoms. The van der Waals surface area contributed by atoms with Crippen LogP contribution in [0.25, 0.3) is 0 Å². The number of rotatable bonds is 4. The fraction of sp³-hybridized carbons (Fsp3) is 0.182. The van der Waals surface area contributed by atoms with E-state index in [1.165, 1.54) is 18.1 Å². The first kappa shape index (κ1) is 20.3. The number of benzene rings is 2. The van der Waals surface area contributed by atoms with Crippen molar-refractivity contribution in [1.29, 1.82) is 5.41 Å². The summed E-state index contributed by atoms with van der Waals surface area (Å²) in [6, 6.07) is 16.2. The van der Waals surface area contributed by atoms with Crippen molar-refractivity contribution in [3.63, 3.8) is 0 Å². The largest absolute Gasteiger partial charge is 0.388 e. The van der Waals surface area contributed by atoms with Gasteiger partial charge in [-0.2, -0.15) is 0 Å². The summed E-state index contributed by atoms with van der Waals surface area (Å²) in [5.41, 5.74) is 9.23. The van der Waals surface area contributed by atoms with Crippen LogP contribution in [0.3, 0.4) is 0 Å². The van der Waals surface area contributed by atoms with Crippen molar-refractivity contribution in [2.45, 2.75) is 26.8 Å². The summed E-state index contributed by atoms with van der Waals surface area (Å²) >= 11 is 5.92. The van der Waals surface area contributed by atoms with Crippen LogP contribution in [0.1, 0.15) is 36.2 Å². The van der Waals surface area contributed by atoms with Gasteiger partial charge in [-0.05, 0) is 49.2 Å². The highest BCUT2D eigenvalue weighted by atomic mass is 35.5. The van der Waals surface area contributed by atoms with E-state index in [2.05, 4.69) is 39.7 Å². The lowest BCUT2D eigenvalue weighted by molar-refractivity contribution is 0.796. The lowest BCUT2D eigenvalue weighted by atomic mass is 10.1. The number of hydrogen-bond donors (Lipinski definition) is 2. The Labute approximate surface area is 165 Å². The SMILES string of the molecule is CC#Cc1cccc(Cc2cn(Cc3ccc(Cl)cc3)cn2)c1.CC(=N)N. The van der Waals surface area contributed by atoms with E-state index in [0.29, 0.717) is 0 Å². The van der Waals surface area contributed by atoms with Crippen molar-refractivity contribution in [3.8, 4) is 11.8 Å². The zero-order chi connectivity index (χ0) is 19.6. The Kier molecular flexibility index (Phi) is 7.66. The predicted octanol–water partition coefficient (Wildman–Crippen LogP) is 4.49. The van der Waals surface area contributed by atoms with E-state index in [1.54, 1.807) is 0 Å². The topological polar surface area (TPSA) is 67.7 Å². The zero-order valence-electron chi connectivity index (χ0n) is 15.5. The van der Waals surface area contributed by atoms with E-state index in [1.807, 2.05) is 49.6 Å². The van der Waals surface area contributed by atoms with Gasteiger partial charge in [-0.1, -0.05) is 41.8 Å². The van der Waals surface area contributed by atoms with Crippen LogP contribution in [0.15, 0.2) is 61.1 Å². The number of aromatic nitrogens is 2. The van der Waals surface area contributed by atoms with Gasteiger partial charge in [0.1, 0.15) is 0 Å². The molecule has 0 atom stereocenters. The standard InChI is InChI=1S/C20H17ClN2.C2H6N2/c1-2-4-16-5-3-6-18(11-16)12-20-14-23(15-22-20)13-17-7-9-19(21)10-8-17;1-2(3)4/h3,5-11,14-15H,12-13H2,1H3;1H3,(H3,3,4). The second kappa shape index (κ2) is 10.2. The Bertz CT molecular complexity index is 942. The minimum Gasteiger partial charge on any atom is -0.388 e. The van der Waals surface area contributed by atoms with Gasteiger partial charge in [-0.3, -0.25) is 5.41 Å². The van der Waals surface area contributed by atoms with Crippen LogP contribution >= 0.6 is 11.6 Å². The molecule has 138 valence electrons. The van der Waals surface area contributed by atoms with Gasteiger partial charge in [0.25, 0.3) is 0 Å². The van der Waals surface area contributed by atoms with E-state index in [9.17, 15) is 0 Å². The summed E-state index contributed by atoms with van der Waals surface area (Å²) in [6.45, 7) is 4.18. The molecule has 2 aromatic carbocycles. The van der Waals surface area contributed by atoms with Crippen LogP contribution in [0.4, 0.5) is 0 Å². The summed E-state index contributed by atoms with van der Waals surface area (Å²) < 4.78 is 2.09. The molecule has 0 fully saturated rings. The number of nitrogens with zero attached hydrogens (tertiary/aromatic N) is 2. The number of nitrogens with one attached hydrogen (secondary N) is 1. The maximum atomic E-state index is 6.28. The second-order valence-corrected chi connectivity index (χ2v) is 6.54. The molecule has 5 heteroatoms. The summed E-state index contributed by atoms with van der Waals surface area (Å²) in [5.74, 6) is 6.19. The highest BCUT2D eigenvalue weighted by Crippen LogP contribution is 2.13. The molecule has 0 saturated heterocycles. The molecule has 3 aromatic rings. The van der Waals surface area contributed by atoms with Crippen molar-refractivity contribution < 1.29 is 0 Å². The van der Waals surface area contributed by atoms with Gasteiger partial charge in [0, 0.05) is 29.7 Å². The molecule has 0 unspecified atom stereocenters. The van der Waals surface area contributed by atoms with E-state index >= 15 is 0 Å². The highest BCUT2D eigenvalue weighted by Gasteiger charge is 2.02. The molecular formula is C22H23ClN4. The molecule has 1 aromatic heterocycles. The molecule has 0 aliphatic heterocycles. The average molecular weight is 379 g/mol. The maximum absolute atomic E-state index is 6.28. The average Bonchev–Trinajstić information content (AvgIpc) is 3.04. The summed E-state index contributed by atoms with van der Waals surface area (Å²) in [4.78, 5) is 4.50. The molecule has 0 radical (unpaired) electrons.